The topological polar surface area (TPSA) is 59.4 Å². The van der Waals surface area contributed by atoms with E-state index in [-0.39, 0.29) is 12.2 Å². The molecule has 1 heterocycles. The van der Waals surface area contributed by atoms with Gasteiger partial charge in [-0.1, -0.05) is 0 Å². The number of carbonyl (C=O) groups is 1. The fourth-order valence-corrected chi connectivity index (χ4v) is 1.46. The van der Waals surface area contributed by atoms with Crippen LogP contribution in [-0.2, 0) is 4.74 Å². The van der Waals surface area contributed by atoms with Gasteiger partial charge in [-0.05, 0) is 19.1 Å². The zero-order valence-corrected chi connectivity index (χ0v) is 9.11. The number of pyridine rings is 1. The highest BCUT2D eigenvalue weighted by molar-refractivity contribution is 5.93. The number of phenols is 1. The number of aromatic hydroxyl groups is 1. The maximum absolute atomic E-state index is 13.1. The molecule has 0 aliphatic rings. The Morgan fingerprint density at radius 3 is 2.94 bits per heavy atom. The van der Waals surface area contributed by atoms with Gasteiger partial charge in [-0.15, -0.1) is 0 Å². The Labute approximate surface area is 96.7 Å². The molecule has 0 amide bonds. The first-order chi connectivity index (χ1) is 8.11. The van der Waals surface area contributed by atoms with Crippen LogP contribution in [0.1, 0.15) is 17.3 Å². The molecular weight excluding hydrogens is 225 g/mol. The van der Waals surface area contributed by atoms with Crippen molar-refractivity contribution in [2.75, 3.05) is 6.61 Å². The van der Waals surface area contributed by atoms with E-state index in [4.69, 9.17) is 4.74 Å². The summed E-state index contributed by atoms with van der Waals surface area (Å²) in [4.78, 5) is 15.4. The summed E-state index contributed by atoms with van der Waals surface area (Å²) >= 11 is 0. The van der Waals surface area contributed by atoms with E-state index in [1.165, 1.54) is 18.3 Å². The summed E-state index contributed by atoms with van der Waals surface area (Å²) in [5, 5.41) is 9.61. The van der Waals surface area contributed by atoms with Crippen molar-refractivity contribution in [3.05, 3.63) is 35.8 Å². The molecule has 4 nitrogen and oxygen atoms in total. The van der Waals surface area contributed by atoms with Gasteiger partial charge in [0.25, 0.3) is 0 Å². The highest BCUT2D eigenvalue weighted by Gasteiger charge is 2.10. The van der Waals surface area contributed by atoms with Gasteiger partial charge >= 0.3 is 5.97 Å². The van der Waals surface area contributed by atoms with Crippen molar-refractivity contribution in [1.82, 2.24) is 4.98 Å². The molecule has 0 saturated carbocycles. The smallest absolute Gasteiger partial charge is 0.339 e. The second-order valence-corrected chi connectivity index (χ2v) is 3.44. The highest BCUT2D eigenvalue weighted by atomic mass is 19.1. The summed E-state index contributed by atoms with van der Waals surface area (Å²) in [6.45, 7) is 1.96. The number of halogens is 1. The lowest BCUT2D eigenvalue weighted by Crippen LogP contribution is -2.05. The molecule has 1 aromatic heterocycles. The van der Waals surface area contributed by atoms with Gasteiger partial charge in [-0.3, -0.25) is 4.98 Å². The average Bonchev–Trinajstić information content (AvgIpc) is 2.30. The van der Waals surface area contributed by atoms with E-state index in [2.05, 4.69) is 4.98 Å². The predicted octanol–water partition coefficient (Wildman–Crippen LogP) is 2.26. The number of hydrogen-bond acceptors (Lipinski definition) is 4. The third-order valence-electron chi connectivity index (χ3n) is 2.26. The second-order valence-electron chi connectivity index (χ2n) is 3.44. The molecule has 1 aromatic carbocycles. The number of carbonyl (C=O) groups excluding carboxylic acids is 1. The molecule has 0 spiro atoms. The zero-order chi connectivity index (χ0) is 12.4. The Morgan fingerprint density at radius 2 is 2.24 bits per heavy atom. The van der Waals surface area contributed by atoms with Crippen molar-refractivity contribution >= 4 is 16.9 Å². The van der Waals surface area contributed by atoms with Crippen LogP contribution in [-0.4, -0.2) is 22.7 Å². The number of esters is 1. The van der Waals surface area contributed by atoms with Crippen molar-refractivity contribution in [1.29, 1.82) is 0 Å². The van der Waals surface area contributed by atoms with Crippen molar-refractivity contribution in [2.45, 2.75) is 6.92 Å². The van der Waals surface area contributed by atoms with Crippen LogP contribution in [0.5, 0.6) is 5.75 Å². The molecule has 0 atom stereocenters. The normalized spacial score (nSPS) is 10.5. The first kappa shape index (κ1) is 11.3. The number of aromatic nitrogens is 1. The summed E-state index contributed by atoms with van der Waals surface area (Å²) in [5.74, 6) is -1.72. The number of nitrogens with zero attached hydrogens (tertiary/aromatic N) is 1. The standard InChI is InChI=1S/C12H10FNO3/c1-2-17-12(16)8-3-7-4-9(13)11(15)5-10(7)14-6-8/h3-6,15H,2H2,1H3. The van der Waals surface area contributed by atoms with Gasteiger partial charge in [-0.25, -0.2) is 9.18 Å². The van der Waals surface area contributed by atoms with Crippen molar-refractivity contribution in [3.63, 3.8) is 0 Å². The Kier molecular flexibility index (Phi) is 2.91. The summed E-state index contributed by atoms with van der Waals surface area (Å²) in [5.41, 5.74) is 0.668. The molecule has 5 heteroatoms. The molecule has 2 aromatic rings. The van der Waals surface area contributed by atoms with E-state index >= 15 is 0 Å². The minimum atomic E-state index is -0.750. The van der Waals surface area contributed by atoms with E-state index in [1.54, 1.807) is 6.92 Å². The van der Waals surface area contributed by atoms with Crippen LogP contribution in [0.2, 0.25) is 0 Å². The highest BCUT2D eigenvalue weighted by Crippen LogP contribution is 2.22. The van der Waals surface area contributed by atoms with Crippen LogP contribution >= 0.6 is 0 Å². The minimum absolute atomic E-state index is 0.254. The Bertz CT molecular complexity index is 583. The van der Waals surface area contributed by atoms with Crippen LogP contribution < -0.4 is 0 Å². The summed E-state index contributed by atoms with van der Waals surface area (Å²) < 4.78 is 17.9. The lowest BCUT2D eigenvalue weighted by Gasteiger charge is -2.04. The van der Waals surface area contributed by atoms with Gasteiger partial charge in [0.2, 0.25) is 0 Å². The number of benzene rings is 1. The van der Waals surface area contributed by atoms with Gasteiger partial charge in [0.15, 0.2) is 11.6 Å². The third kappa shape index (κ3) is 2.18. The van der Waals surface area contributed by atoms with Crippen LogP contribution in [0, 0.1) is 5.82 Å². The molecule has 0 aliphatic carbocycles. The zero-order valence-electron chi connectivity index (χ0n) is 9.11. The molecule has 2 rings (SSSR count). The van der Waals surface area contributed by atoms with Crippen molar-refractivity contribution < 1.29 is 19.0 Å². The maximum Gasteiger partial charge on any atom is 0.339 e. The van der Waals surface area contributed by atoms with Gasteiger partial charge in [0.1, 0.15) is 0 Å². The molecule has 17 heavy (non-hydrogen) atoms. The number of fused-ring (bicyclic) bond motifs is 1. The SMILES string of the molecule is CCOC(=O)c1cnc2cc(O)c(F)cc2c1. The largest absolute Gasteiger partial charge is 0.505 e. The van der Waals surface area contributed by atoms with Crippen LogP contribution in [0.4, 0.5) is 4.39 Å². The second kappa shape index (κ2) is 4.37. The lowest BCUT2D eigenvalue weighted by atomic mass is 10.1. The van der Waals surface area contributed by atoms with Gasteiger partial charge in [0, 0.05) is 17.6 Å². The number of rotatable bonds is 2. The summed E-state index contributed by atoms with van der Waals surface area (Å²) in [6.07, 6.45) is 1.33. The van der Waals surface area contributed by atoms with E-state index < -0.39 is 17.5 Å². The maximum atomic E-state index is 13.1. The van der Waals surface area contributed by atoms with E-state index in [0.29, 0.717) is 10.9 Å². The Balaban J connectivity index is 2.50. The average molecular weight is 235 g/mol. The molecule has 0 unspecified atom stereocenters. The Hall–Kier alpha value is -2.17. The van der Waals surface area contributed by atoms with Gasteiger partial charge < -0.3 is 9.84 Å². The minimum Gasteiger partial charge on any atom is -0.505 e. The summed E-state index contributed by atoms with van der Waals surface area (Å²) in [6, 6.07) is 3.81. The molecule has 0 saturated heterocycles. The van der Waals surface area contributed by atoms with Crippen LogP contribution in [0.15, 0.2) is 24.4 Å². The van der Waals surface area contributed by atoms with Gasteiger partial charge in [-0.2, -0.15) is 0 Å². The first-order valence-electron chi connectivity index (χ1n) is 5.07. The molecule has 0 radical (unpaired) electrons. The van der Waals surface area contributed by atoms with Crippen LogP contribution in [0.3, 0.4) is 0 Å². The number of ether oxygens (including phenoxy) is 1. The van der Waals surface area contributed by atoms with Crippen LogP contribution in [0.25, 0.3) is 10.9 Å². The number of hydrogen-bond donors (Lipinski definition) is 1. The summed E-state index contributed by atoms with van der Waals surface area (Å²) in [7, 11) is 0. The quantitative estimate of drug-likeness (QED) is 0.811. The van der Waals surface area contributed by atoms with E-state index in [1.807, 2.05) is 0 Å². The Morgan fingerprint density at radius 1 is 1.47 bits per heavy atom. The van der Waals surface area contributed by atoms with E-state index in [0.717, 1.165) is 6.07 Å². The fourth-order valence-electron chi connectivity index (χ4n) is 1.46. The number of phenolic OH excluding ortho intramolecular Hbond substituents is 1. The lowest BCUT2D eigenvalue weighted by molar-refractivity contribution is 0.0526. The predicted molar refractivity (Wildman–Crippen MR) is 59.3 cm³/mol. The molecule has 88 valence electrons. The third-order valence-corrected chi connectivity index (χ3v) is 2.26. The molecule has 0 aliphatic heterocycles. The monoisotopic (exact) mass is 235 g/mol. The molecular formula is C12H10FNO3. The first-order valence-corrected chi connectivity index (χ1v) is 5.07. The van der Waals surface area contributed by atoms with E-state index in [9.17, 15) is 14.3 Å². The molecule has 1 N–H and O–H groups in total. The van der Waals surface area contributed by atoms with Gasteiger partial charge in [0.05, 0.1) is 17.7 Å². The fraction of sp³-hybridized carbons (Fsp3) is 0.167. The van der Waals surface area contributed by atoms with Crippen molar-refractivity contribution in [3.8, 4) is 5.75 Å². The molecule has 0 bridgehead atoms. The molecule has 0 fully saturated rings. The van der Waals surface area contributed by atoms with Crippen molar-refractivity contribution in [2.24, 2.45) is 0 Å².